The predicted octanol–water partition coefficient (Wildman–Crippen LogP) is 2.86. The third-order valence-electron chi connectivity index (χ3n) is 2.06. The molecule has 0 unspecified atom stereocenters. The van der Waals surface area contributed by atoms with Crippen molar-refractivity contribution in [3.63, 3.8) is 0 Å². The molecule has 0 heterocycles. The smallest absolute Gasteiger partial charge is 0.221 e. The number of amides is 1. The van der Waals surface area contributed by atoms with E-state index >= 15 is 0 Å². The second-order valence-electron chi connectivity index (χ2n) is 3.54. The Hall–Kier alpha value is -1.51. The second kappa shape index (κ2) is 6.06. The molecule has 0 saturated heterocycles. The van der Waals surface area contributed by atoms with Crippen molar-refractivity contribution in [3.8, 4) is 0 Å². The van der Waals surface area contributed by atoms with Gasteiger partial charge in [-0.05, 0) is 30.7 Å². The molecule has 1 aromatic carbocycles. The monoisotopic (exact) mass is 206 g/mol. The molecule has 0 aliphatic rings. The van der Waals surface area contributed by atoms with Crippen LogP contribution in [-0.2, 0) is 4.79 Å². The number of anilines is 2. The highest BCUT2D eigenvalue weighted by Gasteiger charge is 1.95. The van der Waals surface area contributed by atoms with E-state index in [2.05, 4.69) is 17.6 Å². The van der Waals surface area contributed by atoms with Gasteiger partial charge >= 0.3 is 0 Å². The van der Waals surface area contributed by atoms with Gasteiger partial charge in [-0.1, -0.05) is 13.3 Å². The van der Waals surface area contributed by atoms with E-state index in [0.29, 0.717) is 0 Å². The van der Waals surface area contributed by atoms with Gasteiger partial charge in [0.1, 0.15) is 0 Å². The molecule has 15 heavy (non-hydrogen) atoms. The van der Waals surface area contributed by atoms with Gasteiger partial charge in [0.25, 0.3) is 0 Å². The van der Waals surface area contributed by atoms with Crippen molar-refractivity contribution in [2.75, 3.05) is 17.2 Å². The molecule has 0 radical (unpaired) electrons. The lowest BCUT2D eigenvalue weighted by atomic mass is 10.2. The molecule has 0 atom stereocenters. The molecule has 0 fully saturated rings. The molecule has 0 aliphatic carbocycles. The summed E-state index contributed by atoms with van der Waals surface area (Å²) in [6.07, 6.45) is 2.37. The fourth-order valence-electron chi connectivity index (χ4n) is 1.28. The molecule has 1 amide bonds. The minimum atomic E-state index is -0.0401. The average Bonchev–Trinajstić information content (AvgIpc) is 2.20. The van der Waals surface area contributed by atoms with Crippen LogP contribution in [0, 0.1) is 0 Å². The highest BCUT2D eigenvalue weighted by Crippen LogP contribution is 2.13. The number of carbonyl (C=O) groups excluding carboxylic acids is 1. The van der Waals surface area contributed by atoms with Gasteiger partial charge in [0, 0.05) is 24.8 Å². The molecule has 0 saturated carbocycles. The summed E-state index contributed by atoms with van der Waals surface area (Å²) < 4.78 is 0. The van der Waals surface area contributed by atoms with Crippen molar-refractivity contribution in [2.24, 2.45) is 0 Å². The predicted molar refractivity (Wildman–Crippen MR) is 64.1 cm³/mol. The number of rotatable bonds is 5. The molecule has 0 spiro atoms. The second-order valence-corrected chi connectivity index (χ2v) is 3.54. The third kappa shape index (κ3) is 4.49. The molecular formula is C12H18N2O. The van der Waals surface area contributed by atoms with Gasteiger partial charge in [-0.3, -0.25) is 4.79 Å². The van der Waals surface area contributed by atoms with Crippen molar-refractivity contribution >= 4 is 17.3 Å². The van der Waals surface area contributed by atoms with E-state index in [4.69, 9.17) is 0 Å². The van der Waals surface area contributed by atoms with Crippen molar-refractivity contribution in [1.29, 1.82) is 0 Å². The first-order chi connectivity index (χ1) is 7.22. The maximum Gasteiger partial charge on any atom is 0.221 e. The maximum atomic E-state index is 10.8. The van der Waals surface area contributed by atoms with E-state index in [-0.39, 0.29) is 5.91 Å². The quantitative estimate of drug-likeness (QED) is 0.727. The number of unbranched alkanes of at least 4 members (excludes halogenated alkanes) is 1. The van der Waals surface area contributed by atoms with Crippen LogP contribution in [-0.4, -0.2) is 12.5 Å². The van der Waals surface area contributed by atoms with Gasteiger partial charge in [0.05, 0.1) is 0 Å². The first kappa shape index (κ1) is 11.6. The van der Waals surface area contributed by atoms with Crippen LogP contribution < -0.4 is 10.6 Å². The SMILES string of the molecule is CCCCNc1ccc(NC(C)=O)cc1. The van der Waals surface area contributed by atoms with Crippen molar-refractivity contribution in [2.45, 2.75) is 26.7 Å². The zero-order chi connectivity index (χ0) is 11.1. The van der Waals surface area contributed by atoms with E-state index in [1.165, 1.54) is 19.8 Å². The lowest BCUT2D eigenvalue weighted by Gasteiger charge is -2.06. The van der Waals surface area contributed by atoms with Crippen molar-refractivity contribution in [3.05, 3.63) is 24.3 Å². The van der Waals surface area contributed by atoms with Gasteiger partial charge in [-0.25, -0.2) is 0 Å². The standard InChI is InChI=1S/C12H18N2O/c1-3-4-9-13-11-5-7-12(8-6-11)14-10(2)15/h5-8,13H,3-4,9H2,1-2H3,(H,14,15). The summed E-state index contributed by atoms with van der Waals surface area (Å²) in [6, 6.07) is 7.74. The topological polar surface area (TPSA) is 41.1 Å². The first-order valence-corrected chi connectivity index (χ1v) is 5.34. The Balaban J connectivity index is 2.45. The summed E-state index contributed by atoms with van der Waals surface area (Å²) in [7, 11) is 0. The summed E-state index contributed by atoms with van der Waals surface area (Å²) in [5, 5.41) is 6.05. The summed E-state index contributed by atoms with van der Waals surface area (Å²) in [6.45, 7) is 4.67. The highest BCUT2D eigenvalue weighted by atomic mass is 16.1. The molecule has 2 N–H and O–H groups in total. The Morgan fingerprint density at radius 2 is 1.80 bits per heavy atom. The Labute approximate surface area is 90.9 Å². The van der Waals surface area contributed by atoms with Crippen LogP contribution in [0.5, 0.6) is 0 Å². The molecule has 0 aliphatic heterocycles. The molecule has 1 aromatic rings. The number of hydrogen-bond donors (Lipinski definition) is 2. The zero-order valence-corrected chi connectivity index (χ0v) is 9.34. The van der Waals surface area contributed by atoms with E-state index in [1.807, 2.05) is 24.3 Å². The van der Waals surface area contributed by atoms with Gasteiger partial charge in [-0.15, -0.1) is 0 Å². The molecule has 3 nitrogen and oxygen atoms in total. The van der Waals surface area contributed by atoms with Gasteiger partial charge in [0.2, 0.25) is 5.91 Å². The van der Waals surface area contributed by atoms with Crippen LogP contribution in [0.2, 0.25) is 0 Å². The minimum absolute atomic E-state index is 0.0401. The average molecular weight is 206 g/mol. The zero-order valence-electron chi connectivity index (χ0n) is 9.34. The Morgan fingerprint density at radius 3 is 2.33 bits per heavy atom. The number of benzene rings is 1. The third-order valence-corrected chi connectivity index (χ3v) is 2.06. The van der Waals surface area contributed by atoms with E-state index in [1.54, 1.807) is 0 Å². The molecule has 82 valence electrons. The number of carbonyl (C=O) groups is 1. The van der Waals surface area contributed by atoms with Gasteiger partial charge in [-0.2, -0.15) is 0 Å². The minimum Gasteiger partial charge on any atom is -0.385 e. The number of nitrogens with one attached hydrogen (secondary N) is 2. The lowest BCUT2D eigenvalue weighted by Crippen LogP contribution is -2.06. The highest BCUT2D eigenvalue weighted by molar-refractivity contribution is 5.88. The molecule has 0 bridgehead atoms. The summed E-state index contributed by atoms with van der Waals surface area (Å²) in [5.41, 5.74) is 1.93. The maximum absolute atomic E-state index is 10.8. The Morgan fingerprint density at radius 1 is 1.20 bits per heavy atom. The van der Waals surface area contributed by atoms with Crippen LogP contribution in [0.4, 0.5) is 11.4 Å². The summed E-state index contributed by atoms with van der Waals surface area (Å²) in [4.78, 5) is 10.8. The van der Waals surface area contributed by atoms with Crippen LogP contribution in [0.25, 0.3) is 0 Å². The molecular weight excluding hydrogens is 188 g/mol. The summed E-state index contributed by atoms with van der Waals surface area (Å²) in [5.74, 6) is -0.0401. The van der Waals surface area contributed by atoms with Crippen molar-refractivity contribution < 1.29 is 4.79 Å². The molecule has 3 heteroatoms. The largest absolute Gasteiger partial charge is 0.385 e. The van der Waals surface area contributed by atoms with Crippen LogP contribution in [0.3, 0.4) is 0 Å². The lowest BCUT2D eigenvalue weighted by molar-refractivity contribution is -0.114. The molecule has 0 aromatic heterocycles. The van der Waals surface area contributed by atoms with Crippen LogP contribution in [0.15, 0.2) is 24.3 Å². The van der Waals surface area contributed by atoms with Crippen LogP contribution in [0.1, 0.15) is 26.7 Å². The van der Waals surface area contributed by atoms with E-state index in [9.17, 15) is 4.79 Å². The normalized spacial score (nSPS) is 9.73. The number of hydrogen-bond acceptors (Lipinski definition) is 2. The Kier molecular flexibility index (Phi) is 4.68. The van der Waals surface area contributed by atoms with E-state index in [0.717, 1.165) is 17.9 Å². The first-order valence-electron chi connectivity index (χ1n) is 5.34. The summed E-state index contributed by atoms with van der Waals surface area (Å²) >= 11 is 0. The fourth-order valence-corrected chi connectivity index (χ4v) is 1.28. The Bertz CT molecular complexity index is 306. The van der Waals surface area contributed by atoms with Crippen molar-refractivity contribution in [1.82, 2.24) is 0 Å². The van der Waals surface area contributed by atoms with Gasteiger partial charge < -0.3 is 10.6 Å². The van der Waals surface area contributed by atoms with Crippen LogP contribution >= 0.6 is 0 Å². The van der Waals surface area contributed by atoms with Gasteiger partial charge in [0.15, 0.2) is 0 Å². The molecule has 1 rings (SSSR count). The fraction of sp³-hybridized carbons (Fsp3) is 0.417. The van der Waals surface area contributed by atoms with E-state index < -0.39 is 0 Å².